The highest BCUT2D eigenvalue weighted by Crippen LogP contribution is 2.49. The molecular weight excluding hydrogens is 480 g/mol. The van der Waals surface area contributed by atoms with Gasteiger partial charge in [0.1, 0.15) is 23.1 Å². The lowest BCUT2D eigenvalue weighted by Crippen LogP contribution is -2.53. The zero-order valence-corrected chi connectivity index (χ0v) is 22.2. The number of H-pyrrole nitrogens is 1. The number of likely N-dealkylation sites (tertiary alicyclic amines) is 1. The number of nitrogens with one attached hydrogen (secondary N) is 1. The molecule has 2 atom stereocenters. The summed E-state index contributed by atoms with van der Waals surface area (Å²) in [5, 5.41) is 11.3. The van der Waals surface area contributed by atoms with Crippen molar-refractivity contribution in [3.63, 3.8) is 0 Å². The van der Waals surface area contributed by atoms with E-state index in [1.165, 1.54) is 30.6 Å². The van der Waals surface area contributed by atoms with E-state index in [1.807, 2.05) is 31.2 Å². The number of aromatic nitrogens is 1. The van der Waals surface area contributed by atoms with E-state index in [0.29, 0.717) is 13.0 Å². The molecule has 0 aliphatic carbocycles. The molecule has 0 saturated carbocycles. The summed E-state index contributed by atoms with van der Waals surface area (Å²) in [5.74, 6) is 0.720. The molecule has 3 aliphatic rings. The maximum Gasteiger partial charge on any atom is 0.328 e. The first-order chi connectivity index (χ1) is 18.4. The summed E-state index contributed by atoms with van der Waals surface area (Å²) in [6.45, 7) is 5.38. The molecule has 0 unspecified atom stereocenters. The minimum absolute atomic E-state index is 0.126. The van der Waals surface area contributed by atoms with E-state index in [9.17, 15) is 14.7 Å². The summed E-state index contributed by atoms with van der Waals surface area (Å²) in [6.07, 6.45) is 6.18. The Morgan fingerprint density at radius 2 is 1.84 bits per heavy atom. The number of phenols is 1. The fraction of sp³-hybridized carbons (Fsp3) is 0.467. The Kier molecular flexibility index (Phi) is 6.30. The lowest BCUT2D eigenvalue weighted by Gasteiger charge is -2.42. The van der Waals surface area contributed by atoms with Crippen molar-refractivity contribution in [3.05, 3.63) is 59.3 Å². The molecular formula is C30H36N4O4. The van der Waals surface area contributed by atoms with Crippen LogP contribution in [-0.4, -0.2) is 75.6 Å². The number of rotatable bonds is 6. The topological polar surface area (TPSA) is 89.1 Å². The van der Waals surface area contributed by atoms with E-state index in [1.54, 1.807) is 30.2 Å². The van der Waals surface area contributed by atoms with E-state index in [2.05, 4.69) is 9.88 Å². The lowest BCUT2D eigenvalue weighted by molar-refractivity contribution is -0.133. The van der Waals surface area contributed by atoms with Crippen LogP contribution in [0.15, 0.2) is 42.5 Å². The molecule has 0 bridgehead atoms. The number of hydrogen-bond acceptors (Lipinski definition) is 5. The zero-order chi connectivity index (χ0) is 26.4. The van der Waals surface area contributed by atoms with Crippen molar-refractivity contribution >= 4 is 22.8 Å². The van der Waals surface area contributed by atoms with Crippen molar-refractivity contribution in [1.82, 2.24) is 19.7 Å². The number of nitrogens with zero attached hydrogens (tertiary/aromatic N) is 3. The molecule has 8 nitrogen and oxygen atoms in total. The minimum Gasteiger partial charge on any atom is -0.508 e. The molecule has 1 aromatic heterocycles. The molecule has 2 aromatic carbocycles. The molecule has 3 aromatic rings. The third-order valence-electron chi connectivity index (χ3n) is 8.61. The summed E-state index contributed by atoms with van der Waals surface area (Å²) < 4.78 is 5.49. The van der Waals surface area contributed by atoms with Gasteiger partial charge in [-0.25, -0.2) is 4.79 Å². The first kappa shape index (κ1) is 24.8. The molecule has 2 N–H and O–H groups in total. The van der Waals surface area contributed by atoms with Crippen LogP contribution in [0.1, 0.15) is 61.9 Å². The van der Waals surface area contributed by atoms with E-state index < -0.39 is 11.6 Å². The molecule has 2 saturated heterocycles. The SMILES string of the molecule is COc1ccc2[nH]c3c(c2c1)C[C@@]1(C)C(=O)N(CCCN2CCCCCC2)C(=O)N1[C@@H]3c1cccc(O)c1. The van der Waals surface area contributed by atoms with Crippen LogP contribution >= 0.6 is 0 Å². The fourth-order valence-corrected chi connectivity index (χ4v) is 6.67. The standard InChI is InChI=1S/C30H36N4O4/c1-30-19-24-23-18-22(38-2)11-12-25(23)31-26(24)27(20-9-7-10-21(35)17-20)34(30)29(37)33(28(30)36)16-8-15-32-13-5-3-4-6-14-32/h7,9-12,17-18,27,31,35H,3-6,8,13-16,19H2,1-2H3/t27-,30+/m1/s1. The highest BCUT2D eigenvalue weighted by Gasteiger charge is 2.60. The predicted molar refractivity (Wildman–Crippen MR) is 145 cm³/mol. The molecule has 3 amide bonds. The van der Waals surface area contributed by atoms with E-state index >= 15 is 0 Å². The Balaban J connectivity index is 1.37. The number of aromatic amines is 1. The zero-order valence-electron chi connectivity index (χ0n) is 22.2. The van der Waals surface area contributed by atoms with E-state index in [-0.39, 0.29) is 17.7 Å². The van der Waals surface area contributed by atoms with Gasteiger partial charge in [0.05, 0.1) is 7.11 Å². The van der Waals surface area contributed by atoms with Crippen molar-refractivity contribution in [2.24, 2.45) is 0 Å². The summed E-state index contributed by atoms with van der Waals surface area (Å²) in [6, 6.07) is 12.1. The van der Waals surface area contributed by atoms with Gasteiger partial charge < -0.3 is 19.7 Å². The van der Waals surface area contributed by atoms with Crippen molar-refractivity contribution in [2.75, 3.05) is 33.3 Å². The molecule has 3 aliphatic heterocycles. The monoisotopic (exact) mass is 516 g/mol. The smallest absolute Gasteiger partial charge is 0.328 e. The Morgan fingerprint density at radius 3 is 2.58 bits per heavy atom. The van der Waals surface area contributed by atoms with Crippen LogP contribution in [0.3, 0.4) is 0 Å². The average Bonchev–Trinajstić information content (AvgIpc) is 3.18. The molecule has 2 fully saturated rings. The molecule has 4 heterocycles. The van der Waals surface area contributed by atoms with Crippen molar-refractivity contribution < 1.29 is 19.4 Å². The average molecular weight is 517 g/mol. The number of carbonyl (C=O) groups excluding carboxylic acids is 2. The highest BCUT2D eigenvalue weighted by atomic mass is 16.5. The number of aromatic hydroxyl groups is 1. The third kappa shape index (κ3) is 4.02. The number of methoxy groups -OCH3 is 1. The van der Waals surface area contributed by atoms with Crippen LogP contribution in [0.5, 0.6) is 11.5 Å². The molecule has 38 heavy (non-hydrogen) atoms. The van der Waals surface area contributed by atoms with Gasteiger partial charge in [-0.05, 0) is 87.3 Å². The summed E-state index contributed by atoms with van der Waals surface area (Å²) in [7, 11) is 1.64. The number of ether oxygens (including phenoxy) is 1. The Labute approximate surface area is 223 Å². The first-order valence-corrected chi connectivity index (χ1v) is 13.8. The van der Waals surface area contributed by atoms with Crippen LogP contribution < -0.4 is 4.74 Å². The van der Waals surface area contributed by atoms with Gasteiger partial charge in [0.15, 0.2) is 0 Å². The molecule has 8 heteroatoms. The highest BCUT2D eigenvalue weighted by molar-refractivity contribution is 6.08. The molecule has 6 rings (SSSR count). The largest absolute Gasteiger partial charge is 0.508 e. The molecule has 200 valence electrons. The number of benzene rings is 2. The summed E-state index contributed by atoms with van der Waals surface area (Å²) >= 11 is 0. The van der Waals surface area contributed by atoms with Gasteiger partial charge >= 0.3 is 6.03 Å². The summed E-state index contributed by atoms with van der Waals surface area (Å²) in [5.41, 5.74) is 2.56. The van der Waals surface area contributed by atoms with Gasteiger partial charge in [-0.3, -0.25) is 14.6 Å². The van der Waals surface area contributed by atoms with Crippen LogP contribution in [0.4, 0.5) is 4.79 Å². The fourth-order valence-electron chi connectivity index (χ4n) is 6.67. The van der Waals surface area contributed by atoms with E-state index in [0.717, 1.165) is 59.5 Å². The van der Waals surface area contributed by atoms with Crippen molar-refractivity contribution in [1.29, 1.82) is 0 Å². The van der Waals surface area contributed by atoms with Gasteiger partial charge in [0, 0.05) is 29.6 Å². The number of phenolic OH excluding ortho intramolecular Hbond substituents is 1. The van der Waals surface area contributed by atoms with E-state index in [4.69, 9.17) is 4.74 Å². The maximum atomic E-state index is 14.0. The van der Waals surface area contributed by atoms with Crippen molar-refractivity contribution in [2.45, 2.75) is 57.0 Å². The number of fused-ring (bicyclic) bond motifs is 4. The Hall–Kier alpha value is -3.52. The van der Waals surface area contributed by atoms with Gasteiger partial charge in [-0.1, -0.05) is 25.0 Å². The third-order valence-corrected chi connectivity index (χ3v) is 8.61. The molecule has 0 spiro atoms. The van der Waals surface area contributed by atoms with Crippen LogP contribution in [0.2, 0.25) is 0 Å². The molecule has 0 radical (unpaired) electrons. The van der Waals surface area contributed by atoms with Gasteiger partial charge in [0.2, 0.25) is 0 Å². The summed E-state index contributed by atoms with van der Waals surface area (Å²) in [4.78, 5) is 37.2. The maximum absolute atomic E-state index is 14.0. The normalized spacial score (nSPS) is 24.0. The number of carbonyl (C=O) groups is 2. The second-order valence-electron chi connectivity index (χ2n) is 11.1. The van der Waals surface area contributed by atoms with Gasteiger partial charge in [-0.2, -0.15) is 0 Å². The Bertz CT molecular complexity index is 1380. The van der Waals surface area contributed by atoms with Gasteiger partial charge in [0.25, 0.3) is 5.91 Å². The number of urea groups is 1. The predicted octanol–water partition coefficient (Wildman–Crippen LogP) is 4.82. The van der Waals surface area contributed by atoms with Crippen LogP contribution in [0.25, 0.3) is 10.9 Å². The van der Waals surface area contributed by atoms with Crippen molar-refractivity contribution in [3.8, 4) is 11.5 Å². The van der Waals surface area contributed by atoms with Crippen LogP contribution in [0, 0.1) is 0 Å². The first-order valence-electron chi connectivity index (χ1n) is 13.8. The minimum atomic E-state index is -1.03. The second-order valence-corrected chi connectivity index (χ2v) is 11.1. The second kappa shape index (κ2) is 9.66. The quantitative estimate of drug-likeness (QED) is 0.459. The lowest BCUT2D eigenvalue weighted by atomic mass is 9.81. The number of hydrogen-bond donors (Lipinski definition) is 2. The Morgan fingerprint density at radius 1 is 1.05 bits per heavy atom. The number of imide groups is 1. The van der Waals surface area contributed by atoms with Crippen LogP contribution in [-0.2, 0) is 11.2 Å². The van der Waals surface area contributed by atoms with Gasteiger partial charge in [-0.15, -0.1) is 0 Å². The number of amides is 3.